The van der Waals surface area contributed by atoms with Gasteiger partial charge in [-0.25, -0.2) is 9.98 Å². The number of hydrogen-bond acceptors (Lipinski definition) is 5. The minimum absolute atomic E-state index is 0.0904. The summed E-state index contributed by atoms with van der Waals surface area (Å²) in [7, 11) is 0. The highest BCUT2D eigenvalue weighted by Crippen LogP contribution is 2.47. The first-order valence-electron chi connectivity index (χ1n) is 18.6. The predicted octanol–water partition coefficient (Wildman–Crippen LogP) is 10.6. The third-order valence-corrected chi connectivity index (χ3v) is 11.6. The molecule has 2 aliphatic heterocycles. The van der Waals surface area contributed by atoms with Gasteiger partial charge in [0, 0.05) is 39.8 Å². The summed E-state index contributed by atoms with van der Waals surface area (Å²) < 4.78 is 13.2. The molecule has 3 unspecified atom stereocenters. The van der Waals surface area contributed by atoms with Gasteiger partial charge in [-0.3, -0.25) is 0 Å². The third kappa shape index (κ3) is 4.76. The number of aliphatic imine (C=N–C) groups is 2. The molecule has 0 bridgehead atoms. The van der Waals surface area contributed by atoms with Crippen LogP contribution in [0.2, 0.25) is 0 Å². The van der Waals surface area contributed by atoms with E-state index in [9.17, 15) is 0 Å². The van der Waals surface area contributed by atoms with Crippen LogP contribution >= 0.6 is 0 Å². The molecule has 5 nitrogen and oxygen atoms in total. The molecule has 5 aromatic rings. The van der Waals surface area contributed by atoms with Crippen molar-refractivity contribution in [2.75, 3.05) is 0 Å². The fourth-order valence-electron chi connectivity index (χ4n) is 9.00. The standard InChI is InChI=1S/C47H37N3O2/c1-2-11-28(12-3-1)45-48-46(32-23-24-42-40(27-32)35-17-6-7-22-41(35)51-42)50-47(49-45)38-21-10-20-37-36-19-9-15-31(43(36)52-44(37)38)25-29-14-8-18-34-33-16-5-4-13-30(33)26-39(29)34/h2,5-12,14-24,27,37,44,46H,1,3-4,13,25-26H2,(H,48,49,50). The van der Waals surface area contributed by atoms with E-state index in [4.69, 9.17) is 19.1 Å². The molecule has 52 heavy (non-hydrogen) atoms. The average molecular weight is 676 g/mol. The molecule has 1 aromatic heterocycles. The molecule has 3 heterocycles. The maximum atomic E-state index is 7.06. The highest BCUT2D eigenvalue weighted by molar-refractivity contribution is 6.14. The van der Waals surface area contributed by atoms with E-state index in [-0.39, 0.29) is 18.2 Å². The number of nitrogens with zero attached hydrogens (tertiary/aromatic N) is 2. The van der Waals surface area contributed by atoms with Crippen molar-refractivity contribution in [3.8, 4) is 5.75 Å². The number of ether oxygens (including phenoxy) is 1. The number of allylic oxidation sites excluding steroid dienone is 8. The van der Waals surface area contributed by atoms with Crippen LogP contribution in [0, 0.1) is 0 Å². The fraction of sp³-hybridized carbons (Fsp3) is 0.191. The number of amidine groups is 2. The molecule has 4 aliphatic carbocycles. The number of fused-ring (bicyclic) bond motifs is 8. The van der Waals surface area contributed by atoms with Gasteiger partial charge in [-0.1, -0.05) is 115 Å². The number of rotatable bonds is 5. The van der Waals surface area contributed by atoms with Crippen LogP contribution in [0.3, 0.4) is 0 Å². The predicted molar refractivity (Wildman–Crippen MR) is 210 cm³/mol. The molecule has 5 heteroatoms. The van der Waals surface area contributed by atoms with E-state index in [0.717, 1.165) is 88.2 Å². The van der Waals surface area contributed by atoms with E-state index in [1.54, 1.807) is 5.57 Å². The van der Waals surface area contributed by atoms with Gasteiger partial charge in [-0.15, -0.1) is 0 Å². The van der Waals surface area contributed by atoms with E-state index in [0.29, 0.717) is 0 Å². The topological polar surface area (TPSA) is 59.1 Å². The smallest absolute Gasteiger partial charge is 0.159 e. The Labute approximate surface area is 302 Å². The zero-order valence-corrected chi connectivity index (χ0v) is 28.8. The van der Waals surface area contributed by atoms with E-state index in [1.165, 1.54) is 39.8 Å². The van der Waals surface area contributed by atoms with Crippen molar-refractivity contribution < 1.29 is 9.15 Å². The summed E-state index contributed by atoms with van der Waals surface area (Å²) >= 11 is 0. The van der Waals surface area contributed by atoms with Crippen LogP contribution in [0.1, 0.15) is 71.1 Å². The number of para-hydroxylation sites is 2. The third-order valence-electron chi connectivity index (χ3n) is 11.6. The van der Waals surface area contributed by atoms with Gasteiger partial charge in [0.15, 0.2) is 5.84 Å². The Kier molecular flexibility index (Phi) is 6.76. The summed E-state index contributed by atoms with van der Waals surface area (Å²) in [5.41, 5.74) is 14.7. The van der Waals surface area contributed by atoms with Crippen molar-refractivity contribution in [2.45, 2.75) is 56.7 Å². The van der Waals surface area contributed by atoms with Gasteiger partial charge < -0.3 is 14.5 Å². The van der Waals surface area contributed by atoms with Gasteiger partial charge in [0.05, 0.1) is 0 Å². The highest BCUT2D eigenvalue weighted by atomic mass is 16.5. The molecule has 11 rings (SSSR count). The normalized spacial score (nSPS) is 22.6. The number of benzene rings is 4. The Balaban J connectivity index is 0.950. The first kappa shape index (κ1) is 29.8. The van der Waals surface area contributed by atoms with E-state index in [1.807, 2.05) is 12.1 Å². The van der Waals surface area contributed by atoms with Crippen molar-refractivity contribution in [3.05, 3.63) is 178 Å². The van der Waals surface area contributed by atoms with Crippen LogP contribution in [0.5, 0.6) is 5.75 Å². The molecule has 0 amide bonds. The zero-order chi connectivity index (χ0) is 34.2. The van der Waals surface area contributed by atoms with Gasteiger partial charge in [-0.05, 0) is 83.7 Å². The minimum atomic E-state index is -0.323. The number of furan rings is 1. The summed E-state index contributed by atoms with van der Waals surface area (Å²) in [6.07, 6.45) is 23.7. The molecule has 0 saturated heterocycles. The van der Waals surface area contributed by atoms with Gasteiger partial charge in [-0.2, -0.15) is 0 Å². The summed E-state index contributed by atoms with van der Waals surface area (Å²) in [5, 5.41) is 5.88. The lowest BCUT2D eigenvalue weighted by Gasteiger charge is -2.28. The largest absolute Gasteiger partial charge is 0.484 e. The molecular formula is C47H37N3O2. The first-order valence-corrected chi connectivity index (χ1v) is 18.6. The Hall–Kier alpha value is -5.94. The summed E-state index contributed by atoms with van der Waals surface area (Å²) in [5.74, 6) is 2.66. The molecule has 0 spiro atoms. The Morgan fingerprint density at radius 2 is 1.73 bits per heavy atom. The summed E-state index contributed by atoms with van der Waals surface area (Å²) in [6, 6.07) is 28.1. The Bertz CT molecular complexity index is 2600. The molecular weight excluding hydrogens is 639 g/mol. The SMILES string of the molecule is C1=CC2c3cccc(Cc4cccc5c4CC4=C5C=CCC4)c3OC2C(C2=NC(c3ccc4oc5ccccc5c4c3)NC(C3=CCCC=C3)=N2)=C1. The van der Waals surface area contributed by atoms with E-state index < -0.39 is 0 Å². The van der Waals surface area contributed by atoms with Crippen molar-refractivity contribution in [3.63, 3.8) is 0 Å². The Morgan fingerprint density at radius 3 is 2.69 bits per heavy atom. The zero-order valence-electron chi connectivity index (χ0n) is 28.8. The van der Waals surface area contributed by atoms with Crippen LogP contribution in [0.4, 0.5) is 0 Å². The molecule has 252 valence electrons. The first-order chi connectivity index (χ1) is 25.7. The lowest BCUT2D eigenvalue weighted by Crippen LogP contribution is -2.36. The van der Waals surface area contributed by atoms with Crippen LogP contribution in [0.25, 0.3) is 27.5 Å². The van der Waals surface area contributed by atoms with Crippen molar-refractivity contribution >= 4 is 39.2 Å². The van der Waals surface area contributed by atoms with Gasteiger partial charge in [0.1, 0.15) is 35.0 Å². The van der Waals surface area contributed by atoms with Gasteiger partial charge >= 0.3 is 0 Å². The van der Waals surface area contributed by atoms with Crippen molar-refractivity contribution in [1.29, 1.82) is 0 Å². The van der Waals surface area contributed by atoms with Gasteiger partial charge in [0.25, 0.3) is 0 Å². The van der Waals surface area contributed by atoms with E-state index >= 15 is 0 Å². The summed E-state index contributed by atoms with van der Waals surface area (Å²) in [4.78, 5) is 10.5. The highest BCUT2D eigenvalue weighted by Gasteiger charge is 2.40. The van der Waals surface area contributed by atoms with Crippen LogP contribution in [-0.2, 0) is 12.8 Å². The molecule has 0 fully saturated rings. The maximum absolute atomic E-state index is 7.06. The van der Waals surface area contributed by atoms with Crippen molar-refractivity contribution in [1.82, 2.24) is 5.32 Å². The summed E-state index contributed by atoms with van der Waals surface area (Å²) in [6.45, 7) is 0. The van der Waals surface area contributed by atoms with Crippen LogP contribution in [-0.4, -0.2) is 17.8 Å². The number of hydrogen-bond donors (Lipinski definition) is 1. The number of nitrogens with one attached hydrogen (secondary N) is 1. The fourth-order valence-corrected chi connectivity index (χ4v) is 9.00. The molecule has 3 atom stereocenters. The second-order valence-corrected chi connectivity index (χ2v) is 14.6. The molecule has 0 radical (unpaired) electrons. The lowest BCUT2D eigenvalue weighted by atomic mass is 9.85. The quantitative estimate of drug-likeness (QED) is 0.202. The van der Waals surface area contributed by atoms with Crippen molar-refractivity contribution in [2.24, 2.45) is 9.98 Å². The second-order valence-electron chi connectivity index (χ2n) is 14.6. The lowest BCUT2D eigenvalue weighted by molar-refractivity contribution is 0.260. The second kappa shape index (κ2) is 11.8. The molecule has 4 aromatic carbocycles. The van der Waals surface area contributed by atoms with E-state index in [2.05, 4.69) is 121 Å². The van der Waals surface area contributed by atoms with Crippen LogP contribution < -0.4 is 10.1 Å². The molecule has 6 aliphatic rings. The average Bonchev–Trinajstić information content (AvgIpc) is 3.90. The van der Waals surface area contributed by atoms with Gasteiger partial charge in [0.2, 0.25) is 0 Å². The maximum Gasteiger partial charge on any atom is 0.159 e. The Morgan fingerprint density at radius 1 is 0.827 bits per heavy atom. The molecule has 0 saturated carbocycles. The van der Waals surface area contributed by atoms with Crippen LogP contribution in [0.15, 0.2) is 159 Å². The minimum Gasteiger partial charge on any atom is -0.484 e. The monoisotopic (exact) mass is 675 g/mol. The molecule has 1 N–H and O–H groups in total.